The Balaban J connectivity index is 1.89. The maximum atomic E-state index is 10.6. The Kier molecular flexibility index (Phi) is 4.12. The number of hydrogen-bond acceptors (Lipinski definition) is 4. The highest BCUT2D eigenvalue weighted by molar-refractivity contribution is 5.86. The molecule has 0 unspecified atom stereocenters. The van der Waals surface area contributed by atoms with E-state index in [1.807, 2.05) is 0 Å². The summed E-state index contributed by atoms with van der Waals surface area (Å²) in [6.07, 6.45) is 7.30. The number of rotatable bonds is 5. The van der Waals surface area contributed by atoms with Crippen LogP contribution in [0, 0.1) is 5.92 Å². The van der Waals surface area contributed by atoms with Crippen LogP contribution in [0.1, 0.15) is 43.8 Å². The monoisotopic (exact) mass is 250 g/mol. The second-order valence-corrected chi connectivity index (χ2v) is 4.90. The Bertz CT molecular complexity index is 433. The highest BCUT2D eigenvalue weighted by atomic mass is 16.5. The van der Waals surface area contributed by atoms with E-state index < -0.39 is 5.97 Å². The van der Waals surface area contributed by atoms with Gasteiger partial charge in [-0.2, -0.15) is 4.98 Å². The molecule has 1 aromatic rings. The average Bonchev–Trinajstić information content (AvgIpc) is 2.77. The highest BCUT2D eigenvalue weighted by Gasteiger charge is 2.18. The van der Waals surface area contributed by atoms with Crippen molar-refractivity contribution < 1.29 is 14.4 Å². The molecule has 0 spiro atoms. The van der Waals surface area contributed by atoms with Crippen molar-refractivity contribution in [1.82, 2.24) is 10.1 Å². The smallest absolute Gasteiger partial charge is 0.331 e. The summed E-state index contributed by atoms with van der Waals surface area (Å²) in [4.78, 5) is 14.9. The Morgan fingerprint density at radius 3 is 2.78 bits per heavy atom. The van der Waals surface area contributed by atoms with Crippen LogP contribution < -0.4 is 0 Å². The quantitative estimate of drug-likeness (QED) is 0.812. The minimum absolute atomic E-state index is 0.0721. The molecule has 0 aliphatic heterocycles. The van der Waals surface area contributed by atoms with Crippen LogP contribution in [0.25, 0.3) is 0 Å². The fourth-order valence-corrected chi connectivity index (χ4v) is 2.35. The van der Waals surface area contributed by atoms with Crippen molar-refractivity contribution in [1.29, 1.82) is 0 Å². The molecule has 1 heterocycles. The second-order valence-electron chi connectivity index (χ2n) is 4.90. The van der Waals surface area contributed by atoms with Crippen LogP contribution in [0.2, 0.25) is 0 Å². The summed E-state index contributed by atoms with van der Waals surface area (Å²) in [7, 11) is 0. The molecular weight excluding hydrogens is 232 g/mol. The van der Waals surface area contributed by atoms with Gasteiger partial charge in [-0.05, 0) is 5.92 Å². The van der Waals surface area contributed by atoms with Crippen molar-refractivity contribution in [2.75, 3.05) is 0 Å². The molecule has 1 N–H and O–H groups in total. The van der Waals surface area contributed by atoms with Crippen LogP contribution in [0.15, 0.2) is 16.7 Å². The Morgan fingerprint density at radius 1 is 1.39 bits per heavy atom. The van der Waals surface area contributed by atoms with Gasteiger partial charge in [0, 0.05) is 12.0 Å². The molecule has 0 amide bonds. The summed E-state index contributed by atoms with van der Waals surface area (Å²) in [6.45, 7) is 3.45. The molecule has 1 aromatic heterocycles. The normalized spacial score (nSPS) is 16.7. The van der Waals surface area contributed by atoms with Gasteiger partial charge >= 0.3 is 5.97 Å². The summed E-state index contributed by atoms with van der Waals surface area (Å²) in [5.41, 5.74) is 0.0721. The topological polar surface area (TPSA) is 76.2 Å². The fourth-order valence-electron chi connectivity index (χ4n) is 2.35. The number of aliphatic carboxylic acids is 1. The van der Waals surface area contributed by atoms with Gasteiger partial charge in [0.05, 0.1) is 6.42 Å². The van der Waals surface area contributed by atoms with Crippen molar-refractivity contribution in [3.8, 4) is 0 Å². The Hall–Kier alpha value is -1.65. The lowest BCUT2D eigenvalue weighted by molar-refractivity contribution is -0.132. The van der Waals surface area contributed by atoms with Gasteiger partial charge in [-0.1, -0.05) is 43.8 Å². The molecule has 0 bridgehead atoms. The van der Waals surface area contributed by atoms with Crippen LogP contribution in [-0.2, 0) is 17.6 Å². The molecular formula is C13H18N2O3. The molecule has 0 aromatic carbocycles. The summed E-state index contributed by atoms with van der Waals surface area (Å²) in [5.74, 6) is 0.650. The van der Waals surface area contributed by atoms with E-state index in [1.165, 1.54) is 32.1 Å². The Labute approximate surface area is 106 Å². The van der Waals surface area contributed by atoms with Gasteiger partial charge in [0.25, 0.3) is 0 Å². The third kappa shape index (κ3) is 3.42. The fraction of sp³-hybridized carbons (Fsp3) is 0.615. The largest absolute Gasteiger partial charge is 0.478 e. The summed E-state index contributed by atoms with van der Waals surface area (Å²) < 4.78 is 5.04. The van der Waals surface area contributed by atoms with Gasteiger partial charge in [-0.25, -0.2) is 4.79 Å². The van der Waals surface area contributed by atoms with E-state index in [0.29, 0.717) is 17.6 Å². The summed E-state index contributed by atoms with van der Waals surface area (Å²) in [5, 5.41) is 12.6. The maximum absolute atomic E-state index is 10.6. The minimum atomic E-state index is -1.03. The van der Waals surface area contributed by atoms with E-state index in [-0.39, 0.29) is 12.0 Å². The molecule has 18 heavy (non-hydrogen) atoms. The number of hydrogen-bond donors (Lipinski definition) is 1. The van der Waals surface area contributed by atoms with Gasteiger partial charge in [-0.15, -0.1) is 0 Å². The van der Waals surface area contributed by atoms with Crippen LogP contribution >= 0.6 is 0 Å². The van der Waals surface area contributed by atoms with Crippen molar-refractivity contribution in [2.24, 2.45) is 5.92 Å². The number of nitrogens with zero attached hydrogens (tertiary/aromatic N) is 2. The van der Waals surface area contributed by atoms with Crippen molar-refractivity contribution >= 4 is 5.97 Å². The van der Waals surface area contributed by atoms with Crippen LogP contribution in [0.4, 0.5) is 0 Å². The standard InChI is InChI=1S/C13H18N2O3/c1-9(13(16)17)7-12-14-11(15-18-12)8-10-5-3-2-4-6-10/h10H,1-8H2,(H,16,17). The number of carboxylic acids is 1. The molecule has 1 aliphatic rings. The van der Waals surface area contributed by atoms with E-state index in [2.05, 4.69) is 16.7 Å². The maximum Gasteiger partial charge on any atom is 0.331 e. The van der Waals surface area contributed by atoms with Crippen molar-refractivity contribution in [3.05, 3.63) is 23.9 Å². The summed E-state index contributed by atoms with van der Waals surface area (Å²) in [6, 6.07) is 0. The van der Waals surface area contributed by atoms with E-state index in [9.17, 15) is 4.79 Å². The third-order valence-electron chi connectivity index (χ3n) is 3.37. The molecule has 1 fully saturated rings. The molecule has 1 saturated carbocycles. The zero-order valence-corrected chi connectivity index (χ0v) is 10.4. The predicted octanol–water partition coefficient (Wildman–Crippen LogP) is 2.38. The van der Waals surface area contributed by atoms with Gasteiger partial charge in [0.1, 0.15) is 0 Å². The first-order chi connectivity index (χ1) is 8.65. The van der Waals surface area contributed by atoms with E-state index in [1.54, 1.807) is 0 Å². The highest BCUT2D eigenvalue weighted by Crippen LogP contribution is 2.26. The summed E-state index contributed by atoms with van der Waals surface area (Å²) >= 11 is 0. The van der Waals surface area contributed by atoms with Gasteiger partial charge in [0.15, 0.2) is 5.82 Å². The van der Waals surface area contributed by atoms with Gasteiger partial charge in [0.2, 0.25) is 5.89 Å². The molecule has 0 saturated heterocycles. The lowest BCUT2D eigenvalue weighted by atomic mass is 9.87. The van der Waals surface area contributed by atoms with Crippen LogP contribution in [-0.4, -0.2) is 21.2 Å². The van der Waals surface area contributed by atoms with Crippen LogP contribution in [0.5, 0.6) is 0 Å². The van der Waals surface area contributed by atoms with Gasteiger partial charge < -0.3 is 9.63 Å². The second kappa shape index (κ2) is 5.80. The molecule has 5 heteroatoms. The lowest BCUT2D eigenvalue weighted by Gasteiger charge is -2.19. The van der Waals surface area contributed by atoms with E-state index >= 15 is 0 Å². The first kappa shape index (κ1) is 12.8. The SMILES string of the molecule is C=C(Cc1nc(CC2CCCCC2)no1)C(=O)O. The zero-order valence-electron chi connectivity index (χ0n) is 10.4. The zero-order chi connectivity index (χ0) is 13.0. The Morgan fingerprint density at radius 2 is 2.11 bits per heavy atom. The van der Waals surface area contributed by atoms with E-state index in [4.69, 9.17) is 9.63 Å². The predicted molar refractivity (Wildman–Crippen MR) is 65.1 cm³/mol. The third-order valence-corrected chi connectivity index (χ3v) is 3.37. The van der Waals surface area contributed by atoms with Gasteiger partial charge in [-0.3, -0.25) is 0 Å². The average molecular weight is 250 g/mol. The van der Waals surface area contributed by atoms with E-state index in [0.717, 1.165) is 6.42 Å². The number of carboxylic acid groups (broad SMARTS) is 1. The molecule has 2 rings (SSSR count). The van der Waals surface area contributed by atoms with Crippen molar-refractivity contribution in [2.45, 2.75) is 44.9 Å². The lowest BCUT2D eigenvalue weighted by Crippen LogP contribution is -2.10. The van der Waals surface area contributed by atoms with Crippen LogP contribution in [0.3, 0.4) is 0 Å². The first-order valence-electron chi connectivity index (χ1n) is 6.37. The molecule has 98 valence electrons. The molecule has 1 aliphatic carbocycles. The molecule has 0 radical (unpaired) electrons. The minimum Gasteiger partial charge on any atom is -0.478 e. The van der Waals surface area contributed by atoms with Crippen molar-refractivity contribution in [3.63, 3.8) is 0 Å². The number of aromatic nitrogens is 2. The molecule has 5 nitrogen and oxygen atoms in total. The molecule has 0 atom stereocenters. The first-order valence-corrected chi connectivity index (χ1v) is 6.37. The number of carbonyl (C=O) groups is 1.